The Morgan fingerprint density at radius 1 is 1.42 bits per heavy atom. The van der Waals surface area contributed by atoms with E-state index in [1.165, 1.54) is 0 Å². The average molecular weight is 258 g/mol. The Bertz CT molecular complexity index is 491. The van der Waals surface area contributed by atoms with Crippen molar-refractivity contribution >= 4 is 11.9 Å². The van der Waals surface area contributed by atoms with E-state index < -0.39 is 17.8 Å². The number of rotatable bonds is 6. The molecule has 0 radical (unpaired) electrons. The summed E-state index contributed by atoms with van der Waals surface area (Å²) in [6, 6.07) is 11.0. The summed E-state index contributed by atoms with van der Waals surface area (Å²) in [5.74, 6) is -1.35. The maximum Gasteiger partial charge on any atom is 0.407 e. The highest BCUT2D eigenvalue weighted by Gasteiger charge is 2.15. The van der Waals surface area contributed by atoms with Gasteiger partial charge in [-0.1, -0.05) is 36.9 Å². The van der Waals surface area contributed by atoms with Crippen molar-refractivity contribution in [2.45, 2.75) is 6.61 Å². The fourth-order valence-electron chi connectivity index (χ4n) is 1.31. The number of ether oxygens (including phenoxy) is 1. The van der Waals surface area contributed by atoms with Crippen molar-refractivity contribution in [3.63, 3.8) is 0 Å². The van der Waals surface area contributed by atoms with Gasteiger partial charge >= 0.3 is 6.09 Å². The fourth-order valence-corrected chi connectivity index (χ4v) is 1.31. The Hall–Kier alpha value is -2.61. The molecular formula is C14H14N2O3. The van der Waals surface area contributed by atoms with Crippen molar-refractivity contribution in [3.05, 3.63) is 48.6 Å². The second-order valence-corrected chi connectivity index (χ2v) is 3.73. The van der Waals surface area contributed by atoms with Gasteiger partial charge in [0, 0.05) is 6.54 Å². The largest absolute Gasteiger partial charge is 0.445 e. The van der Waals surface area contributed by atoms with Crippen LogP contribution in [0.5, 0.6) is 0 Å². The molecule has 98 valence electrons. The lowest BCUT2D eigenvalue weighted by atomic mass is 10.1. The van der Waals surface area contributed by atoms with Gasteiger partial charge in [-0.3, -0.25) is 4.79 Å². The lowest BCUT2D eigenvalue weighted by molar-refractivity contribution is -0.116. The van der Waals surface area contributed by atoms with Crippen LogP contribution in [-0.2, 0) is 16.1 Å². The Morgan fingerprint density at radius 2 is 2.11 bits per heavy atom. The second-order valence-electron chi connectivity index (χ2n) is 3.73. The molecule has 1 aromatic carbocycles. The highest BCUT2D eigenvalue weighted by Crippen LogP contribution is 2.01. The van der Waals surface area contributed by atoms with E-state index in [1.54, 1.807) is 6.07 Å². The van der Waals surface area contributed by atoms with E-state index in [0.29, 0.717) is 0 Å². The first-order chi connectivity index (χ1) is 9.17. The van der Waals surface area contributed by atoms with Gasteiger partial charge in [-0.15, -0.1) is 0 Å². The zero-order chi connectivity index (χ0) is 14.1. The van der Waals surface area contributed by atoms with E-state index in [9.17, 15) is 9.59 Å². The van der Waals surface area contributed by atoms with E-state index in [4.69, 9.17) is 10.00 Å². The lowest BCUT2D eigenvalue weighted by Gasteiger charge is -2.08. The van der Waals surface area contributed by atoms with Gasteiger partial charge in [-0.25, -0.2) is 4.79 Å². The fraction of sp³-hybridized carbons (Fsp3) is 0.214. The summed E-state index contributed by atoms with van der Waals surface area (Å²) >= 11 is 0. The average Bonchev–Trinajstić information content (AvgIpc) is 2.46. The molecule has 0 aliphatic rings. The zero-order valence-corrected chi connectivity index (χ0v) is 10.3. The number of carbonyl (C=O) groups excluding carboxylic acids is 2. The first-order valence-electron chi connectivity index (χ1n) is 5.67. The number of amides is 1. The van der Waals surface area contributed by atoms with E-state index in [1.807, 2.05) is 30.3 Å². The Labute approximate surface area is 111 Å². The van der Waals surface area contributed by atoms with Gasteiger partial charge in [-0.2, -0.15) is 5.26 Å². The molecule has 5 nitrogen and oxygen atoms in total. The smallest absolute Gasteiger partial charge is 0.407 e. The molecule has 0 fully saturated rings. The number of nitrogens with zero attached hydrogens (tertiary/aromatic N) is 1. The predicted octanol–water partition coefficient (Wildman–Crippen LogP) is 1.81. The van der Waals surface area contributed by atoms with E-state index >= 15 is 0 Å². The van der Waals surface area contributed by atoms with Crippen molar-refractivity contribution in [1.29, 1.82) is 5.26 Å². The van der Waals surface area contributed by atoms with Crippen LogP contribution >= 0.6 is 0 Å². The molecule has 1 atom stereocenters. The number of alkyl carbamates (subject to hydrolysis) is 1. The summed E-state index contributed by atoms with van der Waals surface area (Å²) in [6.45, 7) is 3.34. The monoisotopic (exact) mass is 258 g/mol. The number of hydrogen-bond acceptors (Lipinski definition) is 4. The third kappa shape index (κ3) is 5.04. The van der Waals surface area contributed by atoms with Crippen LogP contribution in [0.4, 0.5) is 4.79 Å². The van der Waals surface area contributed by atoms with Crippen molar-refractivity contribution in [3.8, 4) is 6.07 Å². The number of nitriles is 1. The molecule has 1 amide bonds. The Morgan fingerprint density at radius 3 is 2.68 bits per heavy atom. The molecule has 0 spiro atoms. The zero-order valence-electron chi connectivity index (χ0n) is 10.3. The number of ketones is 1. The summed E-state index contributed by atoms with van der Waals surface area (Å²) in [4.78, 5) is 22.6. The maximum absolute atomic E-state index is 11.4. The van der Waals surface area contributed by atoms with Crippen LogP contribution < -0.4 is 5.32 Å². The summed E-state index contributed by atoms with van der Waals surface area (Å²) < 4.78 is 4.94. The van der Waals surface area contributed by atoms with Gasteiger partial charge < -0.3 is 10.1 Å². The van der Waals surface area contributed by atoms with Gasteiger partial charge in [0.2, 0.25) is 0 Å². The van der Waals surface area contributed by atoms with Gasteiger partial charge in [0.15, 0.2) is 5.78 Å². The number of allylic oxidation sites excluding steroid dienone is 1. The van der Waals surface area contributed by atoms with Crippen LogP contribution in [0.2, 0.25) is 0 Å². The van der Waals surface area contributed by atoms with Crippen LogP contribution in [0.25, 0.3) is 0 Å². The molecule has 1 N–H and O–H groups in total. The second kappa shape index (κ2) is 7.67. The molecule has 0 saturated heterocycles. The number of carbonyl (C=O) groups is 2. The SMILES string of the molecule is C=CC(=O)C(C#N)CNC(=O)OCc1ccccc1. The lowest BCUT2D eigenvalue weighted by Crippen LogP contribution is -2.32. The molecule has 0 bridgehead atoms. The summed E-state index contributed by atoms with van der Waals surface area (Å²) in [5.41, 5.74) is 0.858. The van der Waals surface area contributed by atoms with Crippen LogP contribution in [0.3, 0.4) is 0 Å². The van der Waals surface area contributed by atoms with Crippen LogP contribution in [0.1, 0.15) is 5.56 Å². The van der Waals surface area contributed by atoms with Crippen LogP contribution in [-0.4, -0.2) is 18.4 Å². The quantitative estimate of drug-likeness (QED) is 0.789. The molecule has 0 aliphatic heterocycles. The van der Waals surface area contributed by atoms with Crippen molar-refractivity contribution < 1.29 is 14.3 Å². The molecule has 1 aromatic rings. The molecule has 5 heteroatoms. The Kier molecular flexibility index (Phi) is 5.83. The van der Waals surface area contributed by atoms with Gasteiger partial charge in [-0.05, 0) is 11.6 Å². The van der Waals surface area contributed by atoms with Crippen molar-refractivity contribution in [2.24, 2.45) is 5.92 Å². The van der Waals surface area contributed by atoms with Gasteiger partial charge in [0.25, 0.3) is 0 Å². The molecule has 1 unspecified atom stereocenters. The molecule has 0 saturated carbocycles. The minimum atomic E-state index is -0.929. The summed E-state index contributed by atoms with van der Waals surface area (Å²) in [6.07, 6.45) is 0.395. The van der Waals surface area contributed by atoms with E-state index in [-0.39, 0.29) is 13.2 Å². The van der Waals surface area contributed by atoms with Crippen LogP contribution in [0, 0.1) is 17.2 Å². The topological polar surface area (TPSA) is 79.2 Å². The number of nitrogens with one attached hydrogen (secondary N) is 1. The Balaban J connectivity index is 2.34. The summed E-state index contributed by atoms with van der Waals surface area (Å²) in [5, 5.41) is 11.1. The molecule has 0 heterocycles. The third-order valence-corrected chi connectivity index (χ3v) is 2.36. The number of hydrogen-bond donors (Lipinski definition) is 1. The van der Waals surface area contributed by atoms with Gasteiger partial charge in [0.05, 0.1) is 6.07 Å². The van der Waals surface area contributed by atoms with E-state index in [0.717, 1.165) is 11.6 Å². The molecule has 1 rings (SSSR count). The van der Waals surface area contributed by atoms with Crippen molar-refractivity contribution in [1.82, 2.24) is 5.32 Å². The minimum Gasteiger partial charge on any atom is -0.445 e. The molecule has 0 aromatic heterocycles. The molecular weight excluding hydrogens is 244 g/mol. The van der Waals surface area contributed by atoms with Gasteiger partial charge in [0.1, 0.15) is 12.5 Å². The first kappa shape index (κ1) is 14.5. The normalized spacial score (nSPS) is 10.9. The van der Waals surface area contributed by atoms with Crippen molar-refractivity contribution in [2.75, 3.05) is 6.54 Å². The molecule has 19 heavy (non-hydrogen) atoms. The standard InChI is InChI=1S/C14H14N2O3/c1-2-13(17)12(8-15)9-16-14(18)19-10-11-6-4-3-5-7-11/h2-7,12H,1,9-10H2,(H,16,18). The summed E-state index contributed by atoms with van der Waals surface area (Å²) in [7, 11) is 0. The maximum atomic E-state index is 11.4. The molecule has 0 aliphatic carbocycles. The highest BCUT2D eigenvalue weighted by atomic mass is 16.5. The third-order valence-electron chi connectivity index (χ3n) is 2.36. The van der Waals surface area contributed by atoms with E-state index in [2.05, 4.69) is 11.9 Å². The first-order valence-corrected chi connectivity index (χ1v) is 5.67. The highest BCUT2D eigenvalue weighted by molar-refractivity contribution is 5.93. The van der Waals surface area contributed by atoms with Crippen LogP contribution in [0.15, 0.2) is 43.0 Å². The number of benzene rings is 1. The minimum absolute atomic E-state index is 0.0883. The predicted molar refractivity (Wildman–Crippen MR) is 68.9 cm³/mol.